The summed E-state index contributed by atoms with van der Waals surface area (Å²) in [6, 6.07) is 2.09. The first kappa shape index (κ1) is 10.6. The number of aromatic nitrogens is 3. The van der Waals surface area contributed by atoms with Crippen LogP contribution in [0.4, 0.5) is 0 Å². The number of aryl methyl sites for hydroxylation is 2. The minimum atomic E-state index is 0.445. The summed E-state index contributed by atoms with van der Waals surface area (Å²) >= 11 is 3.52. The van der Waals surface area contributed by atoms with Gasteiger partial charge in [0.2, 0.25) is 0 Å². The van der Waals surface area contributed by atoms with Crippen LogP contribution in [0.1, 0.15) is 36.8 Å². The van der Waals surface area contributed by atoms with Gasteiger partial charge in [0, 0.05) is 11.4 Å². The van der Waals surface area contributed by atoms with E-state index in [2.05, 4.69) is 45.9 Å². The van der Waals surface area contributed by atoms with Gasteiger partial charge in [0.1, 0.15) is 0 Å². The van der Waals surface area contributed by atoms with Crippen molar-refractivity contribution >= 4 is 21.6 Å². The van der Waals surface area contributed by atoms with Crippen LogP contribution in [0.15, 0.2) is 10.5 Å². The van der Waals surface area contributed by atoms with Crippen LogP contribution in [0.25, 0.3) is 5.65 Å². The molecule has 3 nitrogen and oxygen atoms in total. The Labute approximate surface area is 97.6 Å². The number of hydrogen-bond donors (Lipinski definition) is 0. The van der Waals surface area contributed by atoms with Gasteiger partial charge in [-0.1, -0.05) is 13.8 Å². The quantitative estimate of drug-likeness (QED) is 0.794. The smallest absolute Gasteiger partial charge is 0.170 e. The number of nitrogens with zero attached hydrogens (tertiary/aromatic N) is 3. The molecule has 15 heavy (non-hydrogen) atoms. The van der Waals surface area contributed by atoms with Crippen molar-refractivity contribution in [3.8, 4) is 0 Å². The van der Waals surface area contributed by atoms with Gasteiger partial charge in [0.05, 0.1) is 10.2 Å². The minimum Gasteiger partial charge on any atom is -0.233 e. The first-order valence-corrected chi connectivity index (χ1v) is 5.82. The zero-order valence-corrected chi connectivity index (χ0v) is 11.0. The van der Waals surface area contributed by atoms with Gasteiger partial charge in [0.15, 0.2) is 5.65 Å². The molecule has 80 valence electrons. The predicted octanol–water partition coefficient (Wildman–Crippen LogP) is 3.23. The monoisotopic (exact) mass is 267 g/mol. The molecule has 2 aromatic heterocycles. The van der Waals surface area contributed by atoms with Crippen molar-refractivity contribution in [2.45, 2.75) is 33.6 Å². The molecule has 0 saturated carbocycles. The van der Waals surface area contributed by atoms with Crippen LogP contribution < -0.4 is 0 Å². The Balaban J connectivity index is 2.86. The summed E-state index contributed by atoms with van der Waals surface area (Å²) in [5.74, 6) is 0.445. The SMILES string of the molecule is Cc1cc(C(C)C)n2nc(C)c(Br)c2n1. The third-order valence-corrected chi connectivity index (χ3v) is 3.37. The zero-order chi connectivity index (χ0) is 11.2. The average molecular weight is 268 g/mol. The van der Waals surface area contributed by atoms with Gasteiger partial charge in [0.25, 0.3) is 0 Å². The van der Waals surface area contributed by atoms with Crippen LogP contribution in [-0.2, 0) is 0 Å². The van der Waals surface area contributed by atoms with Gasteiger partial charge in [-0.05, 0) is 41.8 Å². The van der Waals surface area contributed by atoms with Gasteiger partial charge in [-0.15, -0.1) is 0 Å². The van der Waals surface area contributed by atoms with Crippen molar-refractivity contribution < 1.29 is 0 Å². The van der Waals surface area contributed by atoms with Gasteiger partial charge >= 0.3 is 0 Å². The highest BCUT2D eigenvalue weighted by Crippen LogP contribution is 2.24. The molecule has 0 atom stereocenters. The molecule has 0 aliphatic rings. The molecule has 0 radical (unpaired) electrons. The zero-order valence-electron chi connectivity index (χ0n) is 9.37. The van der Waals surface area contributed by atoms with Crippen molar-refractivity contribution in [3.63, 3.8) is 0 Å². The number of halogens is 1. The predicted molar refractivity (Wildman–Crippen MR) is 64.3 cm³/mol. The lowest BCUT2D eigenvalue weighted by molar-refractivity contribution is 0.741. The second-order valence-corrected chi connectivity index (χ2v) is 4.90. The van der Waals surface area contributed by atoms with Gasteiger partial charge in [-0.25, -0.2) is 9.50 Å². The highest BCUT2D eigenvalue weighted by Gasteiger charge is 2.13. The van der Waals surface area contributed by atoms with E-state index in [1.165, 1.54) is 5.69 Å². The Morgan fingerprint density at radius 2 is 2.00 bits per heavy atom. The Morgan fingerprint density at radius 1 is 1.33 bits per heavy atom. The van der Waals surface area contributed by atoms with E-state index >= 15 is 0 Å². The molecule has 2 aromatic rings. The van der Waals surface area contributed by atoms with E-state index < -0.39 is 0 Å². The topological polar surface area (TPSA) is 30.2 Å². The molecule has 0 amide bonds. The molecule has 0 spiro atoms. The van der Waals surface area contributed by atoms with E-state index in [0.29, 0.717) is 5.92 Å². The Bertz CT molecular complexity index is 514. The van der Waals surface area contributed by atoms with E-state index in [0.717, 1.165) is 21.5 Å². The molecule has 0 unspecified atom stereocenters. The summed E-state index contributed by atoms with van der Waals surface area (Å²) in [4.78, 5) is 4.49. The molecule has 0 aliphatic heterocycles. The minimum absolute atomic E-state index is 0.445. The molecule has 0 bridgehead atoms. The summed E-state index contributed by atoms with van der Waals surface area (Å²) in [5, 5.41) is 4.48. The van der Waals surface area contributed by atoms with Gasteiger partial charge < -0.3 is 0 Å². The highest BCUT2D eigenvalue weighted by molar-refractivity contribution is 9.10. The lowest BCUT2D eigenvalue weighted by Crippen LogP contribution is -2.03. The summed E-state index contributed by atoms with van der Waals surface area (Å²) in [6.45, 7) is 8.33. The highest BCUT2D eigenvalue weighted by atomic mass is 79.9. The second kappa shape index (κ2) is 3.59. The Morgan fingerprint density at radius 3 is 2.60 bits per heavy atom. The summed E-state index contributed by atoms with van der Waals surface area (Å²) in [6.07, 6.45) is 0. The molecule has 0 N–H and O–H groups in total. The lowest BCUT2D eigenvalue weighted by atomic mass is 10.1. The van der Waals surface area contributed by atoms with Crippen LogP contribution in [-0.4, -0.2) is 14.6 Å². The maximum atomic E-state index is 4.49. The Hall–Kier alpha value is -0.900. The van der Waals surface area contributed by atoms with E-state index in [4.69, 9.17) is 0 Å². The first-order valence-electron chi connectivity index (χ1n) is 5.03. The first-order chi connectivity index (χ1) is 7.00. The number of rotatable bonds is 1. The van der Waals surface area contributed by atoms with Gasteiger partial charge in [-0.3, -0.25) is 0 Å². The maximum absolute atomic E-state index is 4.49. The normalized spacial score (nSPS) is 11.6. The lowest BCUT2D eigenvalue weighted by Gasteiger charge is -2.08. The van der Waals surface area contributed by atoms with E-state index in [9.17, 15) is 0 Å². The molecule has 0 aliphatic carbocycles. The maximum Gasteiger partial charge on any atom is 0.170 e. The van der Waals surface area contributed by atoms with Crippen LogP contribution >= 0.6 is 15.9 Å². The Kier molecular flexibility index (Phi) is 2.54. The van der Waals surface area contributed by atoms with Crippen LogP contribution in [0.5, 0.6) is 0 Å². The summed E-state index contributed by atoms with van der Waals surface area (Å²) < 4.78 is 2.92. The molecule has 0 saturated heterocycles. The van der Waals surface area contributed by atoms with E-state index in [-0.39, 0.29) is 0 Å². The van der Waals surface area contributed by atoms with Crippen molar-refractivity contribution in [1.82, 2.24) is 14.6 Å². The fourth-order valence-corrected chi connectivity index (χ4v) is 1.99. The van der Waals surface area contributed by atoms with Crippen molar-refractivity contribution in [2.24, 2.45) is 0 Å². The van der Waals surface area contributed by atoms with Crippen LogP contribution in [0.3, 0.4) is 0 Å². The van der Waals surface area contributed by atoms with Crippen molar-refractivity contribution in [1.29, 1.82) is 0 Å². The molecule has 0 fully saturated rings. The fourth-order valence-electron chi connectivity index (χ4n) is 1.66. The summed E-state index contributed by atoms with van der Waals surface area (Å²) in [5.41, 5.74) is 4.13. The molecular weight excluding hydrogens is 254 g/mol. The van der Waals surface area contributed by atoms with Crippen LogP contribution in [0.2, 0.25) is 0 Å². The number of fused-ring (bicyclic) bond motifs is 1. The average Bonchev–Trinajstić information content (AvgIpc) is 2.43. The fraction of sp³-hybridized carbons (Fsp3) is 0.455. The van der Waals surface area contributed by atoms with Gasteiger partial charge in [-0.2, -0.15) is 5.10 Å². The molecule has 0 aromatic carbocycles. The third-order valence-electron chi connectivity index (χ3n) is 2.44. The number of hydrogen-bond acceptors (Lipinski definition) is 2. The molecule has 2 rings (SSSR count). The van der Waals surface area contributed by atoms with Crippen molar-refractivity contribution in [2.75, 3.05) is 0 Å². The summed E-state index contributed by atoms with van der Waals surface area (Å²) in [7, 11) is 0. The third kappa shape index (κ3) is 1.67. The van der Waals surface area contributed by atoms with E-state index in [1.54, 1.807) is 0 Å². The standard InChI is InChI=1S/C11H14BrN3/c1-6(2)9-5-7(3)13-11-10(12)8(4)14-15(9)11/h5-6H,1-4H3. The van der Waals surface area contributed by atoms with E-state index in [1.807, 2.05) is 18.4 Å². The molecule has 4 heteroatoms. The molecular formula is C11H14BrN3. The van der Waals surface area contributed by atoms with Crippen LogP contribution in [0, 0.1) is 13.8 Å². The van der Waals surface area contributed by atoms with Crippen molar-refractivity contribution in [3.05, 3.63) is 27.6 Å². The molecule has 2 heterocycles. The largest absolute Gasteiger partial charge is 0.233 e. The second-order valence-electron chi connectivity index (χ2n) is 4.11.